The molecule has 0 radical (unpaired) electrons. The van der Waals surface area contributed by atoms with E-state index in [9.17, 15) is 0 Å². The molecule has 3 rings (SSSR count). The van der Waals surface area contributed by atoms with Gasteiger partial charge in [-0.1, -0.05) is 5.16 Å². The van der Waals surface area contributed by atoms with Gasteiger partial charge in [0.2, 0.25) is 5.89 Å². The predicted molar refractivity (Wildman–Crippen MR) is 78.3 cm³/mol. The molecule has 2 atom stereocenters. The molecule has 0 N–H and O–H groups in total. The van der Waals surface area contributed by atoms with Crippen molar-refractivity contribution < 1.29 is 9.26 Å². The summed E-state index contributed by atoms with van der Waals surface area (Å²) in [4.78, 5) is 11.0. The van der Waals surface area contributed by atoms with Gasteiger partial charge in [-0.25, -0.2) is 9.67 Å². The zero-order valence-corrected chi connectivity index (χ0v) is 13.5. The first kappa shape index (κ1) is 15.1. The number of rotatable bonds is 4. The highest BCUT2D eigenvalue weighted by atomic mass is 16.5. The number of hydrogen-bond donors (Lipinski definition) is 0. The van der Waals surface area contributed by atoms with Gasteiger partial charge in [0.1, 0.15) is 11.6 Å². The van der Waals surface area contributed by atoms with Crippen molar-refractivity contribution in [3.8, 4) is 0 Å². The van der Waals surface area contributed by atoms with Crippen LogP contribution in [0.2, 0.25) is 0 Å². The Balaban J connectivity index is 1.65. The molecule has 0 aromatic carbocycles. The molecular weight excluding hydrogens is 284 g/mol. The van der Waals surface area contributed by atoms with Crippen molar-refractivity contribution >= 4 is 0 Å². The van der Waals surface area contributed by atoms with Gasteiger partial charge in [-0.15, -0.1) is 0 Å². The molecule has 22 heavy (non-hydrogen) atoms. The Kier molecular flexibility index (Phi) is 4.21. The summed E-state index contributed by atoms with van der Waals surface area (Å²) in [6, 6.07) is 0.0891. The summed E-state index contributed by atoms with van der Waals surface area (Å²) in [7, 11) is 0. The van der Waals surface area contributed by atoms with Crippen LogP contribution in [0, 0.1) is 20.8 Å². The first-order valence-electron chi connectivity index (χ1n) is 7.57. The molecule has 120 valence electrons. The van der Waals surface area contributed by atoms with E-state index >= 15 is 0 Å². The minimum atomic E-state index is 0.0834. The molecule has 3 heterocycles. The second kappa shape index (κ2) is 6.13. The number of nitrogens with zero attached hydrogens (tertiary/aromatic N) is 6. The summed E-state index contributed by atoms with van der Waals surface area (Å²) in [5.41, 5.74) is 0. The SMILES string of the molecule is Cc1noc(C(C)N2CCOC(Cn3nc(C)nc3C)C2)n1. The average molecular weight is 306 g/mol. The van der Waals surface area contributed by atoms with Crippen LogP contribution in [0.4, 0.5) is 0 Å². The molecule has 2 aromatic heterocycles. The lowest BCUT2D eigenvalue weighted by Crippen LogP contribution is -2.45. The molecule has 8 heteroatoms. The van der Waals surface area contributed by atoms with Gasteiger partial charge in [-0.05, 0) is 27.7 Å². The fourth-order valence-electron chi connectivity index (χ4n) is 2.77. The third-order valence-corrected chi connectivity index (χ3v) is 3.96. The van der Waals surface area contributed by atoms with E-state index in [4.69, 9.17) is 9.26 Å². The second-order valence-corrected chi connectivity index (χ2v) is 5.73. The van der Waals surface area contributed by atoms with Crippen molar-refractivity contribution in [3.05, 3.63) is 23.4 Å². The Bertz CT molecular complexity index is 637. The van der Waals surface area contributed by atoms with Crippen molar-refractivity contribution in [3.63, 3.8) is 0 Å². The molecule has 1 aliphatic heterocycles. The normalized spacial score (nSPS) is 21.2. The minimum absolute atomic E-state index is 0.0834. The predicted octanol–water partition coefficient (Wildman–Crippen LogP) is 1.05. The number of morpholine rings is 1. The van der Waals surface area contributed by atoms with Gasteiger partial charge >= 0.3 is 0 Å². The molecule has 2 unspecified atom stereocenters. The van der Waals surface area contributed by atoms with E-state index in [1.807, 2.05) is 25.5 Å². The molecule has 1 saturated heterocycles. The molecule has 1 aliphatic rings. The third-order valence-electron chi connectivity index (χ3n) is 3.96. The number of hydrogen-bond acceptors (Lipinski definition) is 7. The summed E-state index contributed by atoms with van der Waals surface area (Å²) in [5.74, 6) is 3.03. The average Bonchev–Trinajstić information content (AvgIpc) is 3.05. The first-order valence-corrected chi connectivity index (χ1v) is 7.57. The summed E-state index contributed by atoms with van der Waals surface area (Å²) in [5, 5.41) is 8.27. The van der Waals surface area contributed by atoms with Gasteiger partial charge in [0.15, 0.2) is 5.82 Å². The van der Waals surface area contributed by atoms with Crippen LogP contribution in [0.15, 0.2) is 4.52 Å². The maximum Gasteiger partial charge on any atom is 0.243 e. The van der Waals surface area contributed by atoms with E-state index in [2.05, 4.69) is 32.0 Å². The topological polar surface area (TPSA) is 82.1 Å². The van der Waals surface area contributed by atoms with Crippen molar-refractivity contribution in [1.82, 2.24) is 29.8 Å². The van der Waals surface area contributed by atoms with Crippen LogP contribution in [0.3, 0.4) is 0 Å². The monoisotopic (exact) mass is 306 g/mol. The van der Waals surface area contributed by atoms with Crippen LogP contribution in [0.25, 0.3) is 0 Å². The Morgan fingerprint density at radius 3 is 2.68 bits per heavy atom. The lowest BCUT2D eigenvalue weighted by molar-refractivity contribution is -0.0535. The van der Waals surface area contributed by atoms with Gasteiger partial charge < -0.3 is 9.26 Å². The van der Waals surface area contributed by atoms with Crippen LogP contribution in [-0.4, -0.2) is 55.6 Å². The van der Waals surface area contributed by atoms with Crippen molar-refractivity contribution in [1.29, 1.82) is 0 Å². The zero-order valence-electron chi connectivity index (χ0n) is 13.5. The van der Waals surface area contributed by atoms with E-state index < -0.39 is 0 Å². The minimum Gasteiger partial charge on any atom is -0.374 e. The summed E-state index contributed by atoms with van der Waals surface area (Å²) in [6.07, 6.45) is 0.0834. The van der Waals surface area contributed by atoms with Gasteiger partial charge in [0, 0.05) is 13.1 Å². The highest BCUT2D eigenvalue weighted by Gasteiger charge is 2.28. The first-order chi connectivity index (χ1) is 10.5. The second-order valence-electron chi connectivity index (χ2n) is 5.73. The van der Waals surface area contributed by atoms with E-state index in [1.165, 1.54) is 0 Å². The Labute approximate surface area is 129 Å². The lowest BCUT2D eigenvalue weighted by atomic mass is 10.2. The third kappa shape index (κ3) is 3.17. The van der Waals surface area contributed by atoms with Gasteiger partial charge in [-0.2, -0.15) is 10.1 Å². The summed E-state index contributed by atoms with van der Waals surface area (Å²) < 4.78 is 13.1. The molecular formula is C14H22N6O2. The highest BCUT2D eigenvalue weighted by molar-refractivity contribution is 4.93. The maximum atomic E-state index is 5.87. The molecule has 0 bridgehead atoms. The standard InChI is InChI=1S/C14H22N6O2/c1-9(14-16-11(3)18-22-14)19-5-6-21-13(7-19)8-20-12(4)15-10(2)17-20/h9,13H,5-8H2,1-4H3. The quantitative estimate of drug-likeness (QED) is 0.835. The Morgan fingerprint density at radius 1 is 1.23 bits per heavy atom. The summed E-state index contributed by atoms with van der Waals surface area (Å²) in [6.45, 7) is 10.8. The largest absolute Gasteiger partial charge is 0.374 e. The fraction of sp³-hybridized carbons (Fsp3) is 0.714. The van der Waals surface area contributed by atoms with E-state index in [-0.39, 0.29) is 12.1 Å². The molecule has 0 aliphatic carbocycles. The lowest BCUT2D eigenvalue weighted by Gasteiger charge is -2.35. The van der Waals surface area contributed by atoms with Crippen LogP contribution in [0.1, 0.15) is 36.3 Å². The van der Waals surface area contributed by atoms with E-state index in [0.29, 0.717) is 24.9 Å². The van der Waals surface area contributed by atoms with Crippen molar-refractivity contribution in [2.24, 2.45) is 0 Å². The smallest absolute Gasteiger partial charge is 0.243 e. The van der Waals surface area contributed by atoms with Gasteiger partial charge in [0.25, 0.3) is 0 Å². The number of ether oxygens (including phenoxy) is 1. The Hall–Kier alpha value is -1.80. The van der Waals surface area contributed by atoms with Crippen LogP contribution >= 0.6 is 0 Å². The van der Waals surface area contributed by atoms with Crippen LogP contribution in [-0.2, 0) is 11.3 Å². The summed E-state index contributed by atoms with van der Waals surface area (Å²) >= 11 is 0. The number of aryl methyl sites for hydroxylation is 3. The van der Waals surface area contributed by atoms with Crippen LogP contribution < -0.4 is 0 Å². The fourth-order valence-corrected chi connectivity index (χ4v) is 2.77. The Morgan fingerprint density at radius 2 is 2.05 bits per heavy atom. The van der Waals surface area contributed by atoms with Crippen molar-refractivity contribution in [2.75, 3.05) is 19.7 Å². The number of aromatic nitrogens is 5. The molecule has 0 spiro atoms. The molecule has 0 amide bonds. The van der Waals surface area contributed by atoms with E-state index in [0.717, 1.165) is 24.7 Å². The molecule has 2 aromatic rings. The molecule has 0 saturated carbocycles. The highest BCUT2D eigenvalue weighted by Crippen LogP contribution is 2.21. The van der Waals surface area contributed by atoms with Crippen LogP contribution in [0.5, 0.6) is 0 Å². The zero-order chi connectivity index (χ0) is 15.7. The van der Waals surface area contributed by atoms with Crippen molar-refractivity contribution in [2.45, 2.75) is 46.4 Å². The molecule has 1 fully saturated rings. The van der Waals surface area contributed by atoms with E-state index in [1.54, 1.807) is 0 Å². The van der Waals surface area contributed by atoms with Gasteiger partial charge in [0.05, 0.1) is 25.3 Å². The van der Waals surface area contributed by atoms with Gasteiger partial charge in [-0.3, -0.25) is 4.90 Å². The maximum absolute atomic E-state index is 5.87. The molecule has 8 nitrogen and oxygen atoms in total.